The predicted octanol–water partition coefficient (Wildman–Crippen LogP) is 23.6. The molecular formula is C79H154O17P2. The molecule has 0 saturated carbocycles. The number of phosphoric acid groups is 2. The second-order valence-electron chi connectivity index (χ2n) is 28.7. The number of hydrogen-bond acceptors (Lipinski definition) is 15. The van der Waals surface area contributed by atoms with Crippen molar-refractivity contribution in [3.8, 4) is 0 Å². The third-order valence-corrected chi connectivity index (χ3v) is 20.8. The molecule has 3 N–H and O–H groups in total. The van der Waals surface area contributed by atoms with Crippen LogP contribution in [-0.4, -0.2) is 96.7 Å². The summed E-state index contributed by atoms with van der Waals surface area (Å²) in [4.78, 5) is 72.9. The van der Waals surface area contributed by atoms with Gasteiger partial charge in [0.05, 0.1) is 26.4 Å². The van der Waals surface area contributed by atoms with Gasteiger partial charge in [0.15, 0.2) is 12.2 Å². The van der Waals surface area contributed by atoms with Crippen LogP contribution >= 0.6 is 15.6 Å². The summed E-state index contributed by atoms with van der Waals surface area (Å²) in [5, 5.41) is 10.6. The van der Waals surface area contributed by atoms with E-state index in [9.17, 15) is 43.2 Å². The lowest BCUT2D eigenvalue weighted by molar-refractivity contribution is -0.161. The maximum Gasteiger partial charge on any atom is 0.472 e. The van der Waals surface area contributed by atoms with Crippen LogP contribution in [0, 0.1) is 5.92 Å². The molecule has 0 aliphatic rings. The summed E-state index contributed by atoms with van der Waals surface area (Å²) in [6, 6.07) is 0. The zero-order valence-electron chi connectivity index (χ0n) is 63.9. The molecule has 19 heteroatoms. The van der Waals surface area contributed by atoms with Crippen LogP contribution in [0.5, 0.6) is 0 Å². The fraction of sp³-hybridized carbons (Fsp3) is 0.949. The third kappa shape index (κ3) is 71.1. The first-order valence-electron chi connectivity index (χ1n) is 41.2. The first-order chi connectivity index (χ1) is 47.6. The van der Waals surface area contributed by atoms with Gasteiger partial charge in [-0.05, 0) is 31.6 Å². The van der Waals surface area contributed by atoms with E-state index >= 15 is 0 Å². The van der Waals surface area contributed by atoms with Gasteiger partial charge in [-0.15, -0.1) is 0 Å². The van der Waals surface area contributed by atoms with Gasteiger partial charge < -0.3 is 33.8 Å². The predicted molar refractivity (Wildman–Crippen MR) is 400 cm³/mol. The summed E-state index contributed by atoms with van der Waals surface area (Å²) >= 11 is 0. The van der Waals surface area contributed by atoms with E-state index in [0.29, 0.717) is 25.7 Å². The van der Waals surface area contributed by atoms with E-state index in [1.807, 2.05) is 0 Å². The minimum absolute atomic E-state index is 0.106. The fourth-order valence-electron chi connectivity index (χ4n) is 12.2. The van der Waals surface area contributed by atoms with Crippen LogP contribution in [-0.2, 0) is 65.4 Å². The molecule has 98 heavy (non-hydrogen) atoms. The number of aliphatic hydroxyl groups is 1. The summed E-state index contributed by atoms with van der Waals surface area (Å²) in [5.74, 6) is -1.34. The minimum Gasteiger partial charge on any atom is -0.462 e. The van der Waals surface area contributed by atoms with Crippen molar-refractivity contribution >= 4 is 39.5 Å². The molecule has 0 aliphatic heterocycles. The van der Waals surface area contributed by atoms with Gasteiger partial charge in [0.2, 0.25) is 0 Å². The number of carbonyl (C=O) groups excluding carboxylic acids is 4. The number of ether oxygens (including phenoxy) is 4. The smallest absolute Gasteiger partial charge is 0.462 e. The molecule has 3 unspecified atom stereocenters. The Kier molecular flexibility index (Phi) is 70.6. The maximum absolute atomic E-state index is 13.1. The number of phosphoric ester groups is 2. The van der Waals surface area contributed by atoms with Crippen molar-refractivity contribution in [2.24, 2.45) is 5.92 Å². The highest BCUT2D eigenvalue weighted by molar-refractivity contribution is 7.47. The normalized spacial score (nSPS) is 14.2. The fourth-order valence-corrected chi connectivity index (χ4v) is 13.8. The van der Waals surface area contributed by atoms with E-state index < -0.39 is 97.5 Å². The first kappa shape index (κ1) is 96.1. The molecule has 0 aromatic rings. The summed E-state index contributed by atoms with van der Waals surface area (Å²) in [5.41, 5.74) is 0. The van der Waals surface area contributed by atoms with E-state index in [4.69, 9.17) is 37.0 Å². The first-order valence-corrected chi connectivity index (χ1v) is 44.2. The highest BCUT2D eigenvalue weighted by Crippen LogP contribution is 2.45. The van der Waals surface area contributed by atoms with Gasteiger partial charge in [-0.3, -0.25) is 37.3 Å². The molecule has 0 fully saturated rings. The van der Waals surface area contributed by atoms with Crippen molar-refractivity contribution in [3.63, 3.8) is 0 Å². The lowest BCUT2D eigenvalue weighted by Gasteiger charge is -2.21. The zero-order valence-corrected chi connectivity index (χ0v) is 65.7. The molecule has 0 bridgehead atoms. The summed E-state index contributed by atoms with van der Waals surface area (Å²) in [6.07, 6.45) is 62.4. The topological polar surface area (TPSA) is 237 Å². The number of hydrogen-bond donors (Lipinski definition) is 3. The minimum atomic E-state index is -4.96. The molecule has 17 nitrogen and oxygen atoms in total. The highest BCUT2D eigenvalue weighted by atomic mass is 31.2. The molecule has 0 amide bonds. The largest absolute Gasteiger partial charge is 0.472 e. The van der Waals surface area contributed by atoms with Crippen LogP contribution in [0.4, 0.5) is 0 Å². The molecule has 0 heterocycles. The van der Waals surface area contributed by atoms with E-state index in [1.54, 1.807) is 0 Å². The van der Waals surface area contributed by atoms with Crippen molar-refractivity contribution in [1.82, 2.24) is 0 Å². The standard InChI is InChI=1S/C79H154O17P2/c1-6-10-13-16-19-22-25-27-29-31-32-33-34-36-38-40-43-49-54-59-64-78(83)95-74(68-90-77(82)63-58-53-48-42-39-37-35-30-28-26-23-20-17-14-11-7-2)70-93-97(85,86)91-66-73(80)67-92-98(87,88)94-71-75(69-89-76(81)62-57-52-47-41-24-21-18-15-12-8-3)96-79(84)65-60-55-50-45-44-46-51-56-61-72(5)9-4/h72-75,80H,6-71H2,1-5H3,(H,85,86)(H,87,88)/t72?,73-,74-,75-/m1/s1. The number of aliphatic hydroxyl groups excluding tert-OH is 1. The number of unbranched alkanes of at least 4 members (excludes halogenated alkanes) is 50. The number of esters is 4. The summed E-state index contributed by atoms with van der Waals surface area (Å²) < 4.78 is 68.6. The second-order valence-corrected chi connectivity index (χ2v) is 31.6. The van der Waals surface area contributed by atoms with Crippen LogP contribution in [0.1, 0.15) is 420 Å². The van der Waals surface area contributed by atoms with Crippen LogP contribution in [0.25, 0.3) is 0 Å². The van der Waals surface area contributed by atoms with Gasteiger partial charge in [0, 0.05) is 25.7 Å². The molecule has 582 valence electrons. The second kappa shape index (κ2) is 72.0. The van der Waals surface area contributed by atoms with Crippen LogP contribution in [0.2, 0.25) is 0 Å². The van der Waals surface area contributed by atoms with E-state index in [1.165, 1.54) is 244 Å². The summed E-state index contributed by atoms with van der Waals surface area (Å²) in [7, 11) is -9.91. The van der Waals surface area contributed by atoms with Gasteiger partial charge >= 0.3 is 39.5 Å². The Morgan fingerprint density at radius 1 is 0.286 bits per heavy atom. The summed E-state index contributed by atoms with van der Waals surface area (Å²) in [6.45, 7) is 7.30. The Hall–Kier alpha value is -1.94. The quantitative estimate of drug-likeness (QED) is 0.0222. The molecule has 0 saturated heterocycles. The number of carbonyl (C=O) groups is 4. The maximum atomic E-state index is 13.1. The average Bonchev–Trinajstić information content (AvgIpc) is 1.43. The zero-order chi connectivity index (χ0) is 71.9. The van der Waals surface area contributed by atoms with Crippen molar-refractivity contribution in [3.05, 3.63) is 0 Å². The third-order valence-electron chi connectivity index (χ3n) is 18.9. The Morgan fingerprint density at radius 3 is 0.724 bits per heavy atom. The monoisotopic (exact) mass is 1440 g/mol. The molecule has 0 radical (unpaired) electrons. The van der Waals surface area contributed by atoms with Crippen molar-refractivity contribution in [2.45, 2.75) is 438 Å². The van der Waals surface area contributed by atoms with Gasteiger partial charge in [0.1, 0.15) is 19.3 Å². The van der Waals surface area contributed by atoms with Gasteiger partial charge in [-0.25, -0.2) is 9.13 Å². The molecule has 6 atom stereocenters. The molecule has 0 aromatic heterocycles. The van der Waals surface area contributed by atoms with Crippen molar-refractivity contribution in [1.29, 1.82) is 0 Å². The van der Waals surface area contributed by atoms with Gasteiger partial charge in [0.25, 0.3) is 0 Å². The van der Waals surface area contributed by atoms with Crippen molar-refractivity contribution in [2.75, 3.05) is 39.6 Å². The lowest BCUT2D eigenvalue weighted by Crippen LogP contribution is -2.30. The van der Waals surface area contributed by atoms with Crippen LogP contribution in [0.3, 0.4) is 0 Å². The Balaban J connectivity index is 5.22. The van der Waals surface area contributed by atoms with Gasteiger partial charge in [-0.1, -0.05) is 369 Å². The van der Waals surface area contributed by atoms with Crippen molar-refractivity contribution < 1.29 is 80.2 Å². The number of rotatable bonds is 79. The van der Waals surface area contributed by atoms with E-state index in [2.05, 4.69) is 34.6 Å². The lowest BCUT2D eigenvalue weighted by atomic mass is 9.99. The molecule has 0 rings (SSSR count). The van der Waals surface area contributed by atoms with Crippen LogP contribution in [0.15, 0.2) is 0 Å². The van der Waals surface area contributed by atoms with E-state index in [-0.39, 0.29) is 25.7 Å². The highest BCUT2D eigenvalue weighted by Gasteiger charge is 2.30. The molecule has 0 aliphatic carbocycles. The molecule has 0 spiro atoms. The Labute approximate surface area is 600 Å². The van der Waals surface area contributed by atoms with Crippen LogP contribution < -0.4 is 0 Å². The Morgan fingerprint density at radius 2 is 0.490 bits per heavy atom. The molecular weight excluding hydrogens is 1280 g/mol. The average molecular weight is 1440 g/mol. The van der Waals surface area contributed by atoms with E-state index in [0.717, 1.165) is 95.8 Å². The molecule has 0 aromatic carbocycles. The SMILES string of the molecule is CCCCCCCCCCCCCCCCCCCCCCC(=O)O[C@H](COC(=O)CCCCCCCCCCCCCCCCCC)COP(=O)(O)OC[C@@H](O)COP(=O)(O)OC[C@@H](COC(=O)CCCCCCCCCCCC)OC(=O)CCCCCCCCCCC(C)CC. The Bertz CT molecular complexity index is 1880. The van der Waals surface area contributed by atoms with Gasteiger partial charge in [-0.2, -0.15) is 0 Å².